The SMILES string of the molecule is [Fe+3].[KH].[O]=[Mn](=[O])(=[O])[O-].[O]=[Mn](=[O])(=[O])[O-].[O]=[Mn](=[O])(=[O])[O-]. The van der Waals surface area contributed by atoms with Gasteiger partial charge in [-0.1, -0.05) is 0 Å². The topological polar surface area (TPSA) is 223 Å². The second kappa shape index (κ2) is 12.8. The molecule has 0 unspecified atom stereocenters. The third-order valence-corrected chi connectivity index (χ3v) is 0. The van der Waals surface area contributed by atoms with Crippen LogP contribution in [0.15, 0.2) is 0 Å². The zero-order chi connectivity index (χ0) is 13.5. The Bertz CT molecular complexity index is 485. The van der Waals surface area contributed by atoms with Gasteiger partial charge in [-0.15, -0.1) is 0 Å². The molecule has 0 aliphatic rings. The second-order valence-electron chi connectivity index (χ2n) is 1.13. The van der Waals surface area contributed by atoms with Crippen molar-refractivity contribution in [1.29, 1.82) is 0 Å². The van der Waals surface area contributed by atoms with Crippen LogP contribution in [0.2, 0.25) is 0 Å². The number of hydrogen-bond acceptors (Lipinski definition) is 12. The Labute approximate surface area is 152 Å². The van der Waals surface area contributed by atoms with Crippen LogP contribution in [-0.4, -0.2) is 51.4 Å². The molecule has 17 heavy (non-hydrogen) atoms. The van der Waals surface area contributed by atoms with Gasteiger partial charge < -0.3 is 0 Å². The Morgan fingerprint density at radius 3 is 0.471 bits per heavy atom. The Balaban J connectivity index is -0.0000000400. The van der Waals surface area contributed by atoms with E-state index in [1.165, 1.54) is 0 Å². The molecule has 0 heterocycles. The van der Waals surface area contributed by atoms with Crippen molar-refractivity contribution < 1.29 is 103 Å². The van der Waals surface area contributed by atoms with Crippen molar-refractivity contribution in [1.82, 2.24) is 0 Å². The van der Waals surface area contributed by atoms with E-state index in [9.17, 15) is 0 Å². The summed E-state index contributed by atoms with van der Waals surface area (Å²) in [6.45, 7) is 0. The quantitative estimate of drug-likeness (QED) is 0.314. The van der Waals surface area contributed by atoms with Gasteiger partial charge in [-0.05, 0) is 0 Å². The zero-order valence-electron chi connectivity index (χ0n) is 6.39. The molecule has 0 aliphatic heterocycles. The van der Waals surface area contributed by atoms with E-state index in [1.54, 1.807) is 0 Å². The van der Waals surface area contributed by atoms with Crippen LogP contribution >= 0.6 is 0 Å². The van der Waals surface area contributed by atoms with Crippen molar-refractivity contribution in [3.63, 3.8) is 0 Å². The van der Waals surface area contributed by atoms with E-state index in [0.29, 0.717) is 0 Å². The minimum atomic E-state index is -5.62. The minimum absolute atomic E-state index is 0. The summed E-state index contributed by atoms with van der Waals surface area (Å²) in [5.74, 6) is 0. The summed E-state index contributed by atoms with van der Waals surface area (Å²) in [6, 6.07) is 0. The summed E-state index contributed by atoms with van der Waals surface area (Å²) >= 11 is -16.9. The normalized spacial score (nSPS) is 10.1. The fraction of sp³-hybridized carbons (Fsp3) is 0. The molecule has 0 rings (SSSR count). The van der Waals surface area contributed by atoms with Crippen LogP contribution in [0.4, 0.5) is 0 Å². The summed E-state index contributed by atoms with van der Waals surface area (Å²) in [7, 11) is 0. The molecule has 0 bridgehead atoms. The van der Waals surface area contributed by atoms with Crippen molar-refractivity contribution in [3.05, 3.63) is 0 Å². The van der Waals surface area contributed by atoms with Crippen LogP contribution in [0.5, 0.6) is 0 Å². The van der Waals surface area contributed by atoms with Gasteiger partial charge in [-0.3, -0.25) is 0 Å². The summed E-state index contributed by atoms with van der Waals surface area (Å²) < 4.78 is 103. The first-order valence-electron chi connectivity index (χ1n) is 1.85. The third kappa shape index (κ3) is 1380. The van der Waals surface area contributed by atoms with Crippen LogP contribution in [0, 0.1) is 0 Å². The van der Waals surface area contributed by atoms with Crippen molar-refractivity contribution in [2.75, 3.05) is 0 Å². The molecule has 0 saturated carbocycles. The van der Waals surface area contributed by atoms with E-state index in [1.807, 2.05) is 0 Å². The van der Waals surface area contributed by atoms with E-state index in [-0.39, 0.29) is 68.5 Å². The molecule has 17 heteroatoms. The molecule has 1 radical (unpaired) electrons. The predicted molar refractivity (Wildman–Crippen MR) is 13.3 cm³/mol. The Kier molecular flexibility index (Phi) is 23.6. The Hall–Kier alpha value is 1.79. The fourth-order valence-corrected chi connectivity index (χ4v) is 0. The van der Waals surface area contributed by atoms with Gasteiger partial charge in [-0.2, -0.15) is 0 Å². The number of hydrogen-bond donors (Lipinski definition) is 0. The van der Waals surface area contributed by atoms with Gasteiger partial charge in [0, 0.05) is 0 Å². The molecule has 0 aromatic rings. The van der Waals surface area contributed by atoms with Gasteiger partial charge >= 0.3 is 154 Å². The fourth-order valence-electron chi connectivity index (χ4n) is 0. The van der Waals surface area contributed by atoms with Gasteiger partial charge in [0.05, 0.1) is 0 Å². The molecule has 12 nitrogen and oxygen atoms in total. The van der Waals surface area contributed by atoms with Gasteiger partial charge in [0.2, 0.25) is 0 Å². The first-order valence-corrected chi connectivity index (χ1v) is 7.63. The molecule has 0 aromatic carbocycles. The van der Waals surface area contributed by atoms with Crippen LogP contribution in [-0.2, 0) is 90.5 Å². The molecular formula is HFeKMn3O12. The summed E-state index contributed by atoms with van der Waals surface area (Å²) in [6.07, 6.45) is 0. The molecule has 0 amide bonds. The molecule has 0 spiro atoms. The predicted octanol–water partition coefficient (Wildman–Crippen LogP) is -5.29. The van der Waals surface area contributed by atoms with Crippen molar-refractivity contribution in [2.24, 2.45) is 0 Å². The summed E-state index contributed by atoms with van der Waals surface area (Å²) in [5, 5.41) is 0. The molecule has 0 aliphatic carbocycles. The van der Waals surface area contributed by atoms with Crippen molar-refractivity contribution in [3.8, 4) is 0 Å². The van der Waals surface area contributed by atoms with E-state index in [4.69, 9.17) is 47.1 Å². The molecule has 0 atom stereocenters. The van der Waals surface area contributed by atoms with E-state index in [2.05, 4.69) is 0 Å². The van der Waals surface area contributed by atoms with Gasteiger partial charge in [0.1, 0.15) is 0 Å². The van der Waals surface area contributed by atoms with E-state index in [0.717, 1.165) is 0 Å². The van der Waals surface area contributed by atoms with Gasteiger partial charge in [-0.25, -0.2) is 0 Å². The van der Waals surface area contributed by atoms with Crippen LogP contribution in [0.1, 0.15) is 0 Å². The standard InChI is InChI=1S/Fe.K.3Mn.12O.H/q+3;;;;;;;;;;;;;;3*-1;. The zero-order valence-corrected chi connectivity index (χ0v) is 11.0. The van der Waals surface area contributed by atoms with E-state index < -0.39 is 38.9 Å². The van der Waals surface area contributed by atoms with Crippen molar-refractivity contribution in [2.45, 2.75) is 0 Å². The number of rotatable bonds is 0. The summed E-state index contributed by atoms with van der Waals surface area (Å²) in [5.41, 5.74) is 0. The molecule has 0 fully saturated rings. The first-order chi connectivity index (χ1) is 6.00. The molecule has 0 saturated heterocycles. The van der Waals surface area contributed by atoms with Crippen molar-refractivity contribution >= 4 is 51.4 Å². The second-order valence-corrected chi connectivity index (χ2v) is 4.68. The van der Waals surface area contributed by atoms with Crippen LogP contribution < -0.4 is 12.6 Å². The third-order valence-electron chi connectivity index (χ3n) is 0. The molecule has 0 aromatic heterocycles. The maximum atomic E-state index is 8.58. The Morgan fingerprint density at radius 2 is 0.471 bits per heavy atom. The maximum absolute atomic E-state index is 8.58. The van der Waals surface area contributed by atoms with E-state index >= 15 is 0 Å². The van der Waals surface area contributed by atoms with Crippen LogP contribution in [0.3, 0.4) is 0 Å². The van der Waals surface area contributed by atoms with Gasteiger partial charge in [0.15, 0.2) is 0 Å². The average Bonchev–Trinajstić information content (AvgIpc) is 1.41. The summed E-state index contributed by atoms with van der Waals surface area (Å²) in [4.78, 5) is 0. The average molecular weight is 453 g/mol. The Morgan fingerprint density at radius 1 is 0.471 bits per heavy atom. The first kappa shape index (κ1) is 31.3. The van der Waals surface area contributed by atoms with Crippen LogP contribution in [0.25, 0.3) is 0 Å². The monoisotopic (exact) mass is 453 g/mol. The molecule has 0 N–H and O–H groups in total. The van der Waals surface area contributed by atoms with Gasteiger partial charge in [0.25, 0.3) is 0 Å². The molecular weight excluding hydrogens is 452 g/mol. The molecule has 103 valence electrons.